The zero-order valence-electron chi connectivity index (χ0n) is 9.78. The molecule has 6 nitrogen and oxygen atoms in total. The van der Waals surface area contributed by atoms with E-state index in [2.05, 4.69) is 0 Å². The molecule has 0 heterocycles. The first kappa shape index (κ1) is 13.0. The molecule has 98 valence electrons. The maximum atomic E-state index is 12.5. The number of nitrogens with two attached hydrogens (primary N) is 1. The molecule has 0 aromatic heterocycles. The second kappa shape index (κ2) is 4.69. The van der Waals surface area contributed by atoms with Gasteiger partial charge in [-0.15, -0.1) is 0 Å². The smallest absolute Gasteiger partial charge is 0.270 e. The van der Waals surface area contributed by atoms with Gasteiger partial charge in [0.25, 0.3) is 5.69 Å². The van der Waals surface area contributed by atoms with E-state index < -0.39 is 14.7 Å². The predicted octanol–water partition coefficient (Wildman–Crippen LogP) is 2.64. The molecule has 0 aliphatic heterocycles. The van der Waals surface area contributed by atoms with E-state index in [0.29, 0.717) is 0 Å². The number of non-ortho nitro benzene ring substituents is 1. The highest BCUT2D eigenvalue weighted by Gasteiger charge is 2.19. The van der Waals surface area contributed by atoms with Crippen molar-refractivity contribution in [2.45, 2.75) is 9.79 Å². The molecular weight excluding hydrogens is 266 g/mol. The van der Waals surface area contributed by atoms with Crippen LogP contribution in [0, 0.1) is 14.9 Å². The largest absolute Gasteiger partial charge is 0.398 e. The van der Waals surface area contributed by atoms with Crippen LogP contribution in [0.5, 0.6) is 0 Å². The second-order valence-electron chi connectivity index (χ2n) is 3.85. The molecule has 2 rings (SSSR count). The second-order valence-corrected chi connectivity index (χ2v) is 5.87. The van der Waals surface area contributed by atoms with Crippen molar-refractivity contribution in [2.24, 2.45) is 0 Å². The summed E-state index contributed by atoms with van der Waals surface area (Å²) in [6.07, 6.45) is 0. The Kier molecular flexibility index (Phi) is 3.22. The normalized spacial score (nSPS) is 13.7. The van der Waals surface area contributed by atoms with Crippen molar-refractivity contribution in [3.05, 3.63) is 58.6 Å². The molecule has 0 bridgehead atoms. The van der Waals surface area contributed by atoms with Crippen molar-refractivity contribution in [3.63, 3.8) is 0 Å². The minimum Gasteiger partial charge on any atom is -0.398 e. The molecule has 2 aromatic carbocycles. The van der Waals surface area contributed by atoms with Crippen LogP contribution in [-0.4, -0.2) is 9.13 Å². The van der Waals surface area contributed by atoms with E-state index in [1.54, 1.807) is 18.2 Å². The Balaban J connectivity index is 2.65. The number of nitrogens with one attached hydrogen (secondary N) is 1. The lowest BCUT2D eigenvalue weighted by Gasteiger charge is -2.10. The number of nitro benzene ring substituents is 1. The van der Waals surface area contributed by atoms with Crippen LogP contribution in [0.15, 0.2) is 58.3 Å². The number of hydrogen-bond acceptors (Lipinski definition) is 5. The van der Waals surface area contributed by atoms with Gasteiger partial charge in [0, 0.05) is 17.8 Å². The van der Waals surface area contributed by atoms with Crippen LogP contribution in [0.2, 0.25) is 0 Å². The van der Waals surface area contributed by atoms with Crippen LogP contribution in [0.1, 0.15) is 0 Å². The Morgan fingerprint density at radius 3 is 2.37 bits per heavy atom. The highest BCUT2D eigenvalue weighted by molar-refractivity contribution is 7.92. The van der Waals surface area contributed by atoms with Crippen LogP contribution >= 0.6 is 0 Å². The molecule has 1 unspecified atom stereocenters. The number of benzene rings is 2. The lowest BCUT2D eigenvalue weighted by Crippen LogP contribution is -2.05. The summed E-state index contributed by atoms with van der Waals surface area (Å²) in [5.41, 5.74) is 5.56. The zero-order valence-corrected chi connectivity index (χ0v) is 10.6. The van der Waals surface area contributed by atoms with Crippen LogP contribution in [0.4, 0.5) is 11.4 Å². The van der Waals surface area contributed by atoms with Crippen molar-refractivity contribution in [1.29, 1.82) is 4.78 Å². The van der Waals surface area contributed by atoms with Crippen molar-refractivity contribution in [3.8, 4) is 0 Å². The molecular formula is C12H11N3O3S. The summed E-state index contributed by atoms with van der Waals surface area (Å²) in [6, 6.07) is 11.7. The molecule has 2 aromatic rings. The maximum absolute atomic E-state index is 12.5. The number of nitrogens with zero attached hydrogens (tertiary/aromatic N) is 1. The molecule has 3 N–H and O–H groups in total. The first-order chi connectivity index (χ1) is 8.93. The Morgan fingerprint density at radius 1 is 1.16 bits per heavy atom. The van der Waals surface area contributed by atoms with E-state index in [1.165, 1.54) is 24.3 Å². The number of nitrogen functional groups attached to an aromatic ring is 1. The summed E-state index contributed by atoms with van der Waals surface area (Å²) in [5.74, 6) is 0. The van der Waals surface area contributed by atoms with Gasteiger partial charge >= 0.3 is 0 Å². The van der Waals surface area contributed by atoms with E-state index in [1.807, 2.05) is 0 Å². The van der Waals surface area contributed by atoms with Crippen LogP contribution in [0.3, 0.4) is 0 Å². The lowest BCUT2D eigenvalue weighted by atomic mass is 10.3. The quantitative estimate of drug-likeness (QED) is 0.510. The molecule has 1 atom stereocenters. The minimum absolute atomic E-state index is 0.0344. The lowest BCUT2D eigenvalue weighted by molar-refractivity contribution is -0.385. The fraction of sp³-hybridized carbons (Fsp3) is 0. The summed E-state index contributed by atoms with van der Waals surface area (Å²) in [5, 5.41) is 10.7. The monoisotopic (exact) mass is 277 g/mol. The summed E-state index contributed by atoms with van der Waals surface area (Å²) in [6.45, 7) is 0. The summed E-state index contributed by atoms with van der Waals surface area (Å²) in [7, 11) is -3.36. The van der Waals surface area contributed by atoms with Gasteiger partial charge in [0.2, 0.25) is 0 Å². The minimum atomic E-state index is -3.36. The van der Waals surface area contributed by atoms with Gasteiger partial charge in [-0.3, -0.25) is 10.1 Å². The fourth-order valence-electron chi connectivity index (χ4n) is 1.62. The van der Waals surface area contributed by atoms with Crippen LogP contribution in [0.25, 0.3) is 0 Å². The molecule has 0 fully saturated rings. The van der Waals surface area contributed by atoms with Crippen molar-refractivity contribution >= 4 is 21.1 Å². The average molecular weight is 277 g/mol. The molecule has 0 aliphatic carbocycles. The highest BCUT2D eigenvalue weighted by Crippen LogP contribution is 2.29. The first-order valence-corrected chi connectivity index (χ1v) is 6.86. The molecule has 0 aliphatic rings. The molecule has 0 spiro atoms. The molecule has 19 heavy (non-hydrogen) atoms. The van der Waals surface area contributed by atoms with Gasteiger partial charge in [-0.05, 0) is 18.2 Å². The third-order valence-corrected chi connectivity index (χ3v) is 4.50. The fourth-order valence-corrected chi connectivity index (χ4v) is 3.11. The van der Waals surface area contributed by atoms with E-state index in [0.717, 1.165) is 6.07 Å². The molecule has 0 amide bonds. The average Bonchev–Trinajstić information content (AvgIpc) is 2.39. The number of rotatable bonds is 3. The summed E-state index contributed by atoms with van der Waals surface area (Å²) >= 11 is 0. The summed E-state index contributed by atoms with van der Waals surface area (Å²) in [4.78, 5) is 10.4. The predicted molar refractivity (Wildman–Crippen MR) is 71.3 cm³/mol. The van der Waals surface area contributed by atoms with Crippen molar-refractivity contribution in [1.82, 2.24) is 0 Å². The number of nitro groups is 1. The Labute approximate surface area is 110 Å². The first-order valence-electron chi connectivity index (χ1n) is 5.31. The Morgan fingerprint density at radius 2 is 1.79 bits per heavy atom. The molecule has 0 saturated heterocycles. The third-order valence-electron chi connectivity index (χ3n) is 2.59. The van der Waals surface area contributed by atoms with E-state index in [4.69, 9.17) is 10.5 Å². The SMILES string of the molecule is N=S(=O)(c1ccccc1)c1cc([N+](=O)[O-])ccc1N. The van der Waals surface area contributed by atoms with E-state index in [-0.39, 0.29) is 21.2 Å². The molecule has 7 heteroatoms. The van der Waals surface area contributed by atoms with Gasteiger partial charge in [-0.1, -0.05) is 18.2 Å². The summed E-state index contributed by atoms with van der Waals surface area (Å²) < 4.78 is 20.6. The van der Waals surface area contributed by atoms with E-state index in [9.17, 15) is 14.3 Å². The van der Waals surface area contributed by atoms with Crippen molar-refractivity contribution in [2.75, 3.05) is 5.73 Å². The van der Waals surface area contributed by atoms with E-state index >= 15 is 0 Å². The van der Waals surface area contributed by atoms with Gasteiger partial charge in [0.05, 0.1) is 14.7 Å². The standard InChI is InChI=1S/C12H11N3O3S/c13-11-7-6-9(15(16)17)8-12(11)19(14,18)10-4-2-1-3-5-10/h1-8,14H,13H2. The van der Waals surface area contributed by atoms with Crippen LogP contribution < -0.4 is 5.73 Å². The van der Waals surface area contributed by atoms with Gasteiger partial charge in [0.1, 0.15) is 9.73 Å². The van der Waals surface area contributed by atoms with Gasteiger partial charge < -0.3 is 5.73 Å². The van der Waals surface area contributed by atoms with Crippen LogP contribution in [-0.2, 0) is 9.73 Å². The number of hydrogen-bond donors (Lipinski definition) is 2. The molecule has 0 saturated carbocycles. The highest BCUT2D eigenvalue weighted by atomic mass is 32.2. The van der Waals surface area contributed by atoms with Gasteiger partial charge in [-0.2, -0.15) is 0 Å². The topological polar surface area (TPSA) is 110 Å². The zero-order chi connectivity index (χ0) is 14.0. The Bertz CT molecular complexity index is 727. The maximum Gasteiger partial charge on any atom is 0.270 e. The van der Waals surface area contributed by atoms with Crippen molar-refractivity contribution < 1.29 is 9.13 Å². The third kappa shape index (κ3) is 2.41. The molecule has 0 radical (unpaired) electrons. The van der Waals surface area contributed by atoms with Gasteiger partial charge in [-0.25, -0.2) is 8.99 Å². The van der Waals surface area contributed by atoms with Gasteiger partial charge in [0.15, 0.2) is 0 Å². The Hall–Kier alpha value is -2.41. The number of anilines is 1.